The minimum Gasteiger partial charge on any atom is -0.350 e. The van der Waals surface area contributed by atoms with Crippen LogP contribution in [0, 0.1) is 6.92 Å². The average Bonchev–Trinajstić information content (AvgIpc) is 2.87. The van der Waals surface area contributed by atoms with Crippen LogP contribution < -0.4 is 9.62 Å². The van der Waals surface area contributed by atoms with Gasteiger partial charge in [0.15, 0.2) is 0 Å². The molecule has 0 aliphatic carbocycles. The minimum atomic E-state index is -4.17. The molecule has 0 radical (unpaired) electrons. The summed E-state index contributed by atoms with van der Waals surface area (Å²) in [5, 5.41) is 3.89. The van der Waals surface area contributed by atoms with Crippen molar-refractivity contribution in [3.63, 3.8) is 0 Å². The van der Waals surface area contributed by atoms with Crippen LogP contribution in [-0.4, -0.2) is 43.3 Å². The smallest absolute Gasteiger partial charge is 0.264 e. The molecule has 0 aromatic heterocycles. The highest BCUT2D eigenvalue weighted by Crippen LogP contribution is 2.26. The number of nitrogens with one attached hydrogen (secondary N) is 1. The van der Waals surface area contributed by atoms with Crippen LogP contribution in [0.3, 0.4) is 0 Å². The first-order valence-corrected chi connectivity index (χ1v) is 15.1. The number of benzene rings is 3. The Bertz CT molecular complexity index is 1440. The summed E-state index contributed by atoms with van der Waals surface area (Å²) >= 11 is 12.1. The van der Waals surface area contributed by atoms with Gasteiger partial charge in [-0.2, -0.15) is 0 Å². The van der Waals surface area contributed by atoms with E-state index in [1.807, 2.05) is 40.7 Å². The summed E-state index contributed by atoms with van der Waals surface area (Å²) < 4.78 is 28.9. The lowest BCUT2D eigenvalue weighted by molar-refractivity contribution is -0.141. The minimum absolute atomic E-state index is 0.00651. The number of nitrogens with zero attached hydrogens (tertiary/aromatic N) is 2. The van der Waals surface area contributed by atoms with E-state index < -0.39 is 34.1 Å². The van der Waals surface area contributed by atoms with E-state index in [1.165, 1.54) is 29.2 Å². The normalized spacial score (nSPS) is 12.5. The van der Waals surface area contributed by atoms with Crippen LogP contribution in [0.4, 0.5) is 5.69 Å². The summed E-state index contributed by atoms with van der Waals surface area (Å²) in [6.07, 6.45) is 0.329. The molecule has 1 atom stereocenters. The Hall–Kier alpha value is -3.07. The third-order valence-electron chi connectivity index (χ3n) is 6.12. The summed E-state index contributed by atoms with van der Waals surface area (Å²) in [6.45, 7) is 8.83. The van der Waals surface area contributed by atoms with Crippen LogP contribution in [0.1, 0.15) is 45.2 Å². The van der Waals surface area contributed by atoms with Gasteiger partial charge in [0.05, 0.1) is 10.6 Å². The van der Waals surface area contributed by atoms with Gasteiger partial charge in [-0.15, -0.1) is 0 Å². The Balaban J connectivity index is 2.07. The standard InChI is InChI=1S/C30H35Cl2N3O4S/c1-6-27(29(37)33-30(3,4)5)34(19-22-10-12-23(31)13-11-22)28(36)20-35(25-9-7-8-21(2)18-25)40(38,39)26-16-14-24(32)15-17-26/h7-18,27H,6,19-20H2,1-5H3,(H,33,37)/t27-/m0/s1. The van der Waals surface area contributed by atoms with Crippen molar-refractivity contribution in [1.29, 1.82) is 0 Å². The van der Waals surface area contributed by atoms with E-state index in [4.69, 9.17) is 23.2 Å². The molecule has 214 valence electrons. The molecule has 0 heterocycles. The number of hydrogen-bond donors (Lipinski definition) is 1. The summed E-state index contributed by atoms with van der Waals surface area (Å²) in [7, 11) is -4.17. The van der Waals surface area contributed by atoms with E-state index in [-0.39, 0.29) is 17.3 Å². The van der Waals surface area contributed by atoms with Crippen LogP contribution in [0.25, 0.3) is 0 Å². The van der Waals surface area contributed by atoms with E-state index in [9.17, 15) is 18.0 Å². The average molecular weight is 605 g/mol. The van der Waals surface area contributed by atoms with Crippen molar-refractivity contribution >= 4 is 50.7 Å². The fourth-order valence-electron chi connectivity index (χ4n) is 4.20. The number of sulfonamides is 1. The zero-order valence-electron chi connectivity index (χ0n) is 23.3. The molecule has 1 N–H and O–H groups in total. The monoisotopic (exact) mass is 603 g/mol. The van der Waals surface area contributed by atoms with Crippen LogP contribution in [0.5, 0.6) is 0 Å². The van der Waals surface area contributed by atoms with Gasteiger partial charge in [0.2, 0.25) is 11.8 Å². The van der Waals surface area contributed by atoms with E-state index in [0.717, 1.165) is 15.4 Å². The maximum Gasteiger partial charge on any atom is 0.264 e. The second-order valence-corrected chi connectivity index (χ2v) is 13.4. The number of amides is 2. The molecule has 0 saturated heterocycles. The number of carbonyl (C=O) groups is 2. The maximum absolute atomic E-state index is 14.1. The van der Waals surface area contributed by atoms with Crippen LogP contribution in [0.15, 0.2) is 77.7 Å². The molecule has 0 spiro atoms. The number of hydrogen-bond acceptors (Lipinski definition) is 4. The molecule has 7 nitrogen and oxygen atoms in total. The Morgan fingerprint density at radius 3 is 2.02 bits per heavy atom. The predicted molar refractivity (Wildman–Crippen MR) is 161 cm³/mol. The highest BCUT2D eigenvalue weighted by molar-refractivity contribution is 7.92. The number of rotatable bonds is 10. The number of anilines is 1. The first kappa shape index (κ1) is 31.5. The Morgan fingerprint density at radius 1 is 0.925 bits per heavy atom. The number of carbonyl (C=O) groups excluding carboxylic acids is 2. The van der Waals surface area contributed by atoms with Gasteiger partial charge in [-0.25, -0.2) is 8.42 Å². The van der Waals surface area contributed by atoms with Crippen molar-refractivity contribution in [2.24, 2.45) is 0 Å². The largest absolute Gasteiger partial charge is 0.350 e. The maximum atomic E-state index is 14.1. The molecule has 10 heteroatoms. The fraction of sp³-hybridized carbons (Fsp3) is 0.333. The summed E-state index contributed by atoms with van der Waals surface area (Å²) in [5.74, 6) is -0.843. The molecule has 0 bridgehead atoms. The lowest BCUT2D eigenvalue weighted by Gasteiger charge is -2.34. The van der Waals surface area contributed by atoms with E-state index in [1.54, 1.807) is 42.5 Å². The third kappa shape index (κ3) is 8.22. The second kappa shape index (κ2) is 13.1. The lowest BCUT2D eigenvalue weighted by atomic mass is 10.1. The van der Waals surface area contributed by atoms with Gasteiger partial charge in [-0.3, -0.25) is 13.9 Å². The molecule has 0 aliphatic heterocycles. The van der Waals surface area contributed by atoms with Crippen molar-refractivity contribution < 1.29 is 18.0 Å². The van der Waals surface area contributed by atoms with Gasteiger partial charge in [-0.1, -0.05) is 54.4 Å². The highest BCUT2D eigenvalue weighted by atomic mass is 35.5. The van der Waals surface area contributed by atoms with Crippen molar-refractivity contribution in [1.82, 2.24) is 10.2 Å². The highest BCUT2D eigenvalue weighted by Gasteiger charge is 2.34. The molecule has 0 saturated carbocycles. The Labute approximate surface area is 247 Å². The fourth-order valence-corrected chi connectivity index (χ4v) is 5.86. The second-order valence-electron chi connectivity index (χ2n) is 10.6. The van der Waals surface area contributed by atoms with E-state index in [2.05, 4.69) is 5.32 Å². The van der Waals surface area contributed by atoms with Gasteiger partial charge in [0.1, 0.15) is 12.6 Å². The topological polar surface area (TPSA) is 86.8 Å². The first-order valence-electron chi connectivity index (χ1n) is 12.9. The van der Waals surface area contributed by atoms with E-state index >= 15 is 0 Å². The molecule has 0 aliphatic rings. The number of aryl methyl sites for hydroxylation is 1. The zero-order valence-corrected chi connectivity index (χ0v) is 25.6. The molecule has 0 fully saturated rings. The SMILES string of the molecule is CC[C@@H](C(=O)NC(C)(C)C)N(Cc1ccc(Cl)cc1)C(=O)CN(c1cccc(C)c1)S(=O)(=O)c1ccc(Cl)cc1. The lowest BCUT2D eigenvalue weighted by Crippen LogP contribution is -2.55. The molecular formula is C30H35Cl2N3O4S. The first-order chi connectivity index (χ1) is 18.7. The van der Waals surface area contributed by atoms with Crippen LogP contribution >= 0.6 is 23.2 Å². The van der Waals surface area contributed by atoms with Gasteiger partial charge in [0, 0.05) is 22.1 Å². The molecule has 0 unspecified atom stereocenters. The van der Waals surface area contributed by atoms with Crippen molar-refractivity contribution in [2.75, 3.05) is 10.8 Å². The van der Waals surface area contributed by atoms with Gasteiger partial charge in [0.25, 0.3) is 10.0 Å². The molecule has 2 amide bonds. The molecule has 40 heavy (non-hydrogen) atoms. The summed E-state index contributed by atoms with van der Waals surface area (Å²) in [4.78, 5) is 28.9. The van der Waals surface area contributed by atoms with E-state index in [0.29, 0.717) is 22.2 Å². The molecular weight excluding hydrogens is 569 g/mol. The summed E-state index contributed by atoms with van der Waals surface area (Å²) in [6, 6.07) is 18.8. The van der Waals surface area contributed by atoms with Crippen molar-refractivity contribution in [3.05, 3.63) is 94.0 Å². The summed E-state index contributed by atoms with van der Waals surface area (Å²) in [5.41, 5.74) is 1.39. The van der Waals surface area contributed by atoms with Crippen LogP contribution in [-0.2, 0) is 26.2 Å². The number of halogens is 2. The predicted octanol–water partition coefficient (Wildman–Crippen LogP) is 6.22. The molecule has 3 aromatic carbocycles. The Morgan fingerprint density at radius 2 is 1.50 bits per heavy atom. The third-order valence-corrected chi connectivity index (χ3v) is 8.41. The van der Waals surface area contributed by atoms with Gasteiger partial charge in [-0.05, 0) is 93.8 Å². The molecule has 3 rings (SSSR count). The Kier molecular flexibility index (Phi) is 10.3. The van der Waals surface area contributed by atoms with Gasteiger partial charge < -0.3 is 10.2 Å². The van der Waals surface area contributed by atoms with Crippen LogP contribution in [0.2, 0.25) is 10.0 Å². The van der Waals surface area contributed by atoms with Crippen molar-refractivity contribution in [2.45, 2.75) is 64.1 Å². The molecule has 3 aromatic rings. The zero-order chi connectivity index (χ0) is 29.7. The van der Waals surface area contributed by atoms with Crippen molar-refractivity contribution in [3.8, 4) is 0 Å². The quantitative estimate of drug-likeness (QED) is 0.298. The van der Waals surface area contributed by atoms with Gasteiger partial charge >= 0.3 is 0 Å².